The molecule has 0 aromatic heterocycles. The molecule has 0 heterocycles. The van der Waals surface area contributed by atoms with Crippen LogP contribution in [0.3, 0.4) is 0 Å². The molecule has 1 nitrogen and oxygen atoms in total. The fourth-order valence-electron chi connectivity index (χ4n) is 1.88. The molecule has 0 fully saturated rings. The molecule has 0 aliphatic heterocycles. The van der Waals surface area contributed by atoms with Gasteiger partial charge in [-0.2, -0.15) is 0 Å². The van der Waals surface area contributed by atoms with Crippen molar-refractivity contribution in [1.29, 1.82) is 0 Å². The summed E-state index contributed by atoms with van der Waals surface area (Å²) in [6.07, 6.45) is 0. The number of hydrogen-bond acceptors (Lipinski definition) is 1. The second kappa shape index (κ2) is 5.81. The van der Waals surface area contributed by atoms with E-state index in [9.17, 15) is 4.39 Å². The van der Waals surface area contributed by atoms with E-state index >= 15 is 0 Å². The molecule has 0 amide bonds. The first kappa shape index (κ1) is 14.2. The summed E-state index contributed by atoms with van der Waals surface area (Å²) in [7, 11) is 1.54. The van der Waals surface area contributed by atoms with Crippen LogP contribution in [0.2, 0.25) is 5.02 Å². The number of methoxy groups -OCH3 is 1. The van der Waals surface area contributed by atoms with Gasteiger partial charge in [0.1, 0.15) is 11.6 Å². The van der Waals surface area contributed by atoms with E-state index in [0.717, 1.165) is 11.1 Å². The smallest absolute Gasteiger partial charge is 0.137 e. The van der Waals surface area contributed by atoms with E-state index in [0.29, 0.717) is 16.3 Å². The number of alkyl halides is 1. The average molecular weight is 299 g/mol. The third-order valence-electron chi connectivity index (χ3n) is 2.89. The summed E-state index contributed by atoms with van der Waals surface area (Å²) in [5, 5.41) is -0.123. The normalized spacial score (nSPS) is 12.3. The lowest BCUT2D eigenvalue weighted by Gasteiger charge is -2.13. The van der Waals surface area contributed by atoms with Crippen LogP contribution in [0, 0.1) is 12.7 Å². The lowest BCUT2D eigenvalue weighted by atomic mass is 10.0. The predicted octanol–water partition coefficient (Wildman–Crippen LogP) is 5.12. The average Bonchev–Trinajstić information content (AvgIpc) is 2.40. The molecular formula is C15H13Cl2FO. The third kappa shape index (κ3) is 3.02. The van der Waals surface area contributed by atoms with Crippen molar-refractivity contribution in [2.45, 2.75) is 12.3 Å². The van der Waals surface area contributed by atoms with E-state index < -0.39 is 5.38 Å². The summed E-state index contributed by atoms with van der Waals surface area (Å²) in [5.74, 6) is 0.247. The van der Waals surface area contributed by atoms with Crippen LogP contribution in [0.5, 0.6) is 5.75 Å². The van der Waals surface area contributed by atoms with Crippen molar-refractivity contribution < 1.29 is 9.13 Å². The highest BCUT2D eigenvalue weighted by Crippen LogP contribution is 2.35. The molecule has 0 N–H and O–H groups in total. The fraction of sp³-hybridized carbons (Fsp3) is 0.200. The Balaban J connectivity index is 2.41. The Kier molecular flexibility index (Phi) is 4.33. The van der Waals surface area contributed by atoms with E-state index in [1.165, 1.54) is 6.07 Å². The van der Waals surface area contributed by atoms with Gasteiger partial charge >= 0.3 is 0 Å². The molecule has 0 saturated heterocycles. The molecule has 2 rings (SSSR count). The fourth-order valence-corrected chi connectivity index (χ4v) is 2.45. The zero-order chi connectivity index (χ0) is 14.0. The lowest BCUT2D eigenvalue weighted by molar-refractivity contribution is 0.415. The number of aryl methyl sites for hydroxylation is 1. The minimum atomic E-state index is -0.580. The van der Waals surface area contributed by atoms with Crippen LogP contribution in [-0.2, 0) is 0 Å². The summed E-state index contributed by atoms with van der Waals surface area (Å²) in [5.41, 5.74) is 2.14. The van der Waals surface area contributed by atoms with E-state index in [1.54, 1.807) is 37.4 Å². The monoisotopic (exact) mass is 298 g/mol. The van der Waals surface area contributed by atoms with E-state index in [4.69, 9.17) is 27.9 Å². The number of ether oxygens (including phenoxy) is 1. The summed E-state index contributed by atoms with van der Waals surface area (Å²) in [4.78, 5) is 0. The Bertz CT molecular complexity index is 599. The number of benzene rings is 2. The molecule has 0 aliphatic carbocycles. The van der Waals surface area contributed by atoms with Crippen molar-refractivity contribution in [1.82, 2.24) is 0 Å². The van der Waals surface area contributed by atoms with Gasteiger partial charge < -0.3 is 4.74 Å². The maximum absolute atomic E-state index is 13.8. The van der Waals surface area contributed by atoms with Crippen molar-refractivity contribution in [3.8, 4) is 5.75 Å². The molecule has 0 bridgehead atoms. The Morgan fingerprint density at radius 3 is 2.53 bits per heavy atom. The first-order valence-electron chi connectivity index (χ1n) is 5.76. The quantitative estimate of drug-likeness (QED) is 0.714. The van der Waals surface area contributed by atoms with Crippen molar-refractivity contribution in [3.63, 3.8) is 0 Å². The van der Waals surface area contributed by atoms with Crippen LogP contribution in [0.1, 0.15) is 22.1 Å². The molecule has 100 valence electrons. The molecule has 4 heteroatoms. The van der Waals surface area contributed by atoms with Crippen molar-refractivity contribution in [2.24, 2.45) is 0 Å². The molecular weight excluding hydrogens is 286 g/mol. The van der Waals surface area contributed by atoms with Gasteiger partial charge in [-0.3, -0.25) is 0 Å². The van der Waals surface area contributed by atoms with E-state index in [2.05, 4.69) is 0 Å². The van der Waals surface area contributed by atoms with Gasteiger partial charge in [0, 0.05) is 5.56 Å². The zero-order valence-corrected chi connectivity index (χ0v) is 12.1. The maximum atomic E-state index is 13.8. The minimum absolute atomic E-state index is 0.322. The molecule has 0 saturated carbocycles. The lowest BCUT2D eigenvalue weighted by Crippen LogP contribution is -1.98. The van der Waals surface area contributed by atoms with Crippen LogP contribution >= 0.6 is 23.2 Å². The van der Waals surface area contributed by atoms with Crippen molar-refractivity contribution >= 4 is 23.2 Å². The van der Waals surface area contributed by atoms with Crippen LogP contribution < -0.4 is 4.74 Å². The largest absolute Gasteiger partial charge is 0.495 e. The second-order valence-corrected chi connectivity index (χ2v) is 5.13. The number of hydrogen-bond donors (Lipinski definition) is 0. The minimum Gasteiger partial charge on any atom is -0.495 e. The SMILES string of the molecule is COc1ccc(C(Cl)c2cc(C)ccc2F)cc1Cl. The Morgan fingerprint density at radius 1 is 1.16 bits per heavy atom. The molecule has 2 aromatic rings. The zero-order valence-electron chi connectivity index (χ0n) is 10.6. The Hall–Kier alpha value is -1.25. The topological polar surface area (TPSA) is 9.23 Å². The first-order valence-corrected chi connectivity index (χ1v) is 6.58. The van der Waals surface area contributed by atoms with Gasteiger partial charge in [0.2, 0.25) is 0 Å². The highest BCUT2D eigenvalue weighted by Gasteiger charge is 2.16. The summed E-state index contributed by atoms with van der Waals surface area (Å²) >= 11 is 12.4. The summed E-state index contributed by atoms with van der Waals surface area (Å²) in [6.45, 7) is 1.90. The highest BCUT2D eigenvalue weighted by molar-refractivity contribution is 6.32. The van der Waals surface area contributed by atoms with Crippen LogP contribution in [0.25, 0.3) is 0 Å². The van der Waals surface area contributed by atoms with E-state index in [1.807, 2.05) is 6.92 Å². The molecule has 19 heavy (non-hydrogen) atoms. The standard InChI is InChI=1S/C15H13Cl2FO/c1-9-3-5-13(18)11(7-9)15(17)10-4-6-14(19-2)12(16)8-10/h3-8,15H,1-2H3. The molecule has 0 radical (unpaired) electrons. The van der Waals surface area contributed by atoms with Gasteiger partial charge in [-0.25, -0.2) is 4.39 Å². The van der Waals surface area contributed by atoms with E-state index in [-0.39, 0.29) is 5.82 Å². The maximum Gasteiger partial charge on any atom is 0.137 e. The van der Waals surface area contributed by atoms with Crippen LogP contribution in [0.4, 0.5) is 4.39 Å². The van der Waals surface area contributed by atoms with Crippen molar-refractivity contribution in [2.75, 3.05) is 7.11 Å². The molecule has 2 aromatic carbocycles. The van der Waals surface area contributed by atoms with Crippen LogP contribution in [-0.4, -0.2) is 7.11 Å². The van der Waals surface area contributed by atoms with Gasteiger partial charge in [-0.05, 0) is 30.7 Å². The summed E-state index contributed by atoms with van der Waals surface area (Å²) in [6, 6.07) is 10.1. The van der Waals surface area contributed by atoms with Crippen LogP contribution in [0.15, 0.2) is 36.4 Å². The molecule has 1 atom stereocenters. The third-order valence-corrected chi connectivity index (χ3v) is 3.68. The number of halogens is 3. The molecule has 0 aliphatic rings. The van der Waals surface area contributed by atoms with Gasteiger partial charge in [-0.1, -0.05) is 35.4 Å². The number of rotatable bonds is 3. The predicted molar refractivity (Wildman–Crippen MR) is 76.8 cm³/mol. The van der Waals surface area contributed by atoms with Gasteiger partial charge in [0.25, 0.3) is 0 Å². The molecule has 1 unspecified atom stereocenters. The van der Waals surface area contributed by atoms with Gasteiger partial charge in [-0.15, -0.1) is 11.6 Å². The Morgan fingerprint density at radius 2 is 1.89 bits per heavy atom. The Labute approximate surface area is 121 Å². The van der Waals surface area contributed by atoms with Gasteiger partial charge in [0.15, 0.2) is 0 Å². The second-order valence-electron chi connectivity index (χ2n) is 4.28. The van der Waals surface area contributed by atoms with Gasteiger partial charge in [0.05, 0.1) is 17.5 Å². The molecule has 0 spiro atoms. The summed E-state index contributed by atoms with van der Waals surface area (Å²) < 4.78 is 18.9. The first-order chi connectivity index (χ1) is 9.02. The highest BCUT2D eigenvalue weighted by atomic mass is 35.5. The van der Waals surface area contributed by atoms with Crippen molar-refractivity contribution in [3.05, 3.63) is 63.9 Å².